The van der Waals surface area contributed by atoms with Crippen LogP contribution in [0.25, 0.3) is 0 Å². The van der Waals surface area contributed by atoms with Gasteiger partial charge in [-0.05, 0) is 26.3 Å². The van der Waals surface area contributed by atoms with Crippen LogP contribution in [0.2, 0.25) is 0 Å². The fraction of sp³-hybridized carbons (Fsp3) is 0.889. The van der Waals surface area contributed by atoms with Crippen molar-refractivity contribution in [2.45, 2.75) is 45.6 Å². The highest BCUT2D eigenvalue weighted by Crippen LogP contribution is 1.98. The van der Waals surface area contributed by atoms with E-state index < -0.39 is 0 Å². The number of hydrogen-bond donors (Lipinski definition) is 2. The van der Waals surface area contributed by atoms with E-state index in [-0.39, 0.29) is 0 Å². The Morgan fingerprint density at radius 2 is 2.27 bits per heavy atom. The number of aliphatic hydroxyl groups is 1. The van der Waals surface area contributed by atoms with E-state index in [1.54, 1.807) is 0 Å². The minimum absolute atomic E-state index is 0.572. The molecule has 0 heterocycles. The Balaban J connectivity index is 3.02. The van der Waals surface area contributed by atoms with Crippen molar-refractivity contribution >= 4 is 0 Å². The standard InChI is InChI=1S/C9H19NO/c1-3-4-6-9(2)10-7-5-8-11/h9-11H,3-7H2,1-2H3. The second kappa shape index (κ2) is 8.02. The molecular weight excluding hydrogens is 138 g/mol. The summed E-state index contributed by atoms with van der Waals surface area (Å²) in [4.78, 5) is 0. The van der Waals surface area contributed by atoms with Crippen LogP contribution in [0.4, 0.5) is 0 Å². The van der Waals surface area contributed by atoms with Crippen molar-refractivity contribution in [3.8, 4) is 0 Å². The van der Waals surface area contributed by atoms with E-state index in [2.05, 4.69) is 25.8 Å². The summed E-state index contributed by atoms with van der Waals surface area (Å²) in [6.07, 6.45) is 4.38. The molecule has 1 unspecified atom stereocenters. The van der Waals surface area contributed by atoms with Gasteiger partial charge in [0.2, 0.25) is 0 Å². The summed E-state index contributed by atoms with van der Waals surface area (Å²) in [7, 11) is 0. The second-order valence-electron chi connectivity index (χ2n) is 2.91. The molecule has 0 saturated heterocycles. The molecule has 0 aliphatic carbocycles. The summed E-state index contributed by atoms with van der Waals surface area (Å²) in [5.41, 5.74) is 0. The summed E-state index contributed by atoms with van der Waals surface area (Å²) in [6.45, 7) is 7.32. The largest absolute Gasteiger partial charge is 0.384 e. The Hall–Kier alpha value is -0.0800. The highest BCUT2D eigenvalue weighted by atomic mass is 16.3. The lowest BCUT2D eigenvalue weighted by molar-refractivity contribution is 0.364. The van der Waals surface area contributed by atoms with Gasteiger partial charge >= 0.3 is 0 Å². The lowest BCUT2D eigenvalue weighted by atomic mass is 10.1. The molecule has 2 N–H and O–H groups in total. The number of hydrogen-bond acceptors (Lipinski definition) is 2. The first-order valence-electron chi connectivity index (χ1n) is 4.41. The summed E-state index contributed by atoms with van der Waals surface area (Å²) in [6, 6.07) is 0.572. The van der Waals surface area contributed by atoms with Crippen LogP contribution in [0.15, 0.2) is 0 Å². The van der Waals surface area contributed by atoms with E-state index in [4.69, 9.17) is 5.11 Å². The van der Waals surface area contributed by atoms with Crippen molar-refractivity contribution in [2.24, 2.45) is 0 Å². The fourth-order valence-electron chi connectivity index (χ4n) is 0.987. The Morgan fingerprint density at radius 1 is 1.55 bits per heavy atom. The average molecular weight is 157 g/mol. The average Bonchev–Trinajstić information content (AvgIpc) is 2.01. The summed E-state index contributed by atoms with van der Waals surface area (Å²) in [5.74, 6) is 0. The van der Waals surface area contributed by atoms with E-state index >= 15 is 0 Å². The van der Waals surface area contributed by atoms with Crippen LogP contribution in [-0.2, 0) is 0 Å². The van der Waals surface area contributed by atoms with Crippen LogP contribution in [-0.4, -0.2) is 17.7 Å². The van der Waals surface area contributed by atoms with Crippen LogP contribution < -0.4 is 5.32 Å². The molecule has 0 aromatic rings. The lowest BCUT2D eigenvalue weighted by Gasteiger charge is -2.11. The summed E-state index contributed by atoms with van der Waals surface area (Å²) in [5, 5.41) is 11.6. The molecule has 11 heavy (non-hydrogen) atoms. The maximum absolute atomic E-state index is 8.27. The Bertz CT molecular complexity index is 76.0. The van der Waals surface area contributed by atoms with Crippen molar-refractivity contribution in [1.29, 1.82) is 0 Å². The minimum atomic E-state index is 0.572. The van der Waals surface area contributed by atoms with Crippen molar-refractivity contribution in [3.63, 3.8) is 0 Å². The van der Waals surface area contributed by atoms with Gasteiger partial charge in [-0.15, -0.1) is 0 Å². The molecule has 1 atom stereocenters. The van der Waals surface area contributed by atoms with Crippen LogP contribution in [0.1, 0.15) is 39.5 Å². The molecule has 0 bridgehead atoms. The van der Waals surface area contributed by atoms with Crippen LogP contribution in [0.5, 0.6) is 0 Å². The molecule has 0 aromatic carbocycles. The molecule has 0 rings (SSSR count). The maximum atomic E-state index is 8.27. The lowest BCUT2D eigenvalue weighted by Crippen LogP contribution is -2.26. The van der Waals surface area contributed by atoms with E-state index in [9.17, 15) is 0 Å². The quantitative estimate of drug-likeness (QED) is 0.554. The molecule has 0 amide bonds. The molecule has 0 saturated carbocycles. The maximum Gasteiger partial charge on any atom is 0.129 e. The molecule has 0 aromatic heterocycles. The molecule has 0 aliphatic rings. The first-order chi connectivity index (χ1) is 5.31. The van der Waals surface area contributed by atoms with E-state index in [1.807, 2.05) is 0 Å². The van der Waals surface area contributed by atoms with Gasteiger partial charge in [-0.2, -0.15) is 0 Å². The third-order valence-corrected chi connectivity index (χ3v) is 1.72. The molecule has 2 heteroatoms. The zero-order valence-corrected chi connectivity index (χ0v) is 7.56. The predicted molar refractivity (Wildman–Crippen MR) is 46.8 cm³/mol. The molecular formula is C9H19NO. The smallest absolute Gasteiger partial charge is 0.129 e. The molecule has 0 fully saturated rings. The first kappa shape index (κ1) is 10.9. The summed E-state index contributed by atoms with van der Waals surface area (Å²) >= 11 is 0. The van der Waals surface area contributed by atoms with E-state index in [1.165, 1.54) is 19.3 Å². The van der Waals surface area contributed by atoms with E-state index in [0.29, 0.717) is 12.5 Å². The Labute approximate surface area is 70.0 Å². The van der Waals surface area contributed by atoms with Gasteiger partial charge in [-0.1, -0.05) is 19.8 Å². The van der Waals surface area contributed by atoms with Crippen molar-refractivity contribution in [2.75, 3.05) is 6.54 Å². The minimum Gasteiger partial charge on any atom is -0.384 e. The van der Waals surface area contributed by atoms with Gasteiger partial charge in [0, 0.05) is 6.04 Å². The fourth-order valence-corrected chi connectivity index (χ4v) is 0.987. The van der Waals surface area contributed by atoms with Gasteiger partial charge in [0.05, 0.1) is 0 Å². The third kappa shape index (κ3) is 7.82. The van der Waals surface area contributed by atoms with Gasteiger partial charge in [-0.3, -0.25) is 0 Å². The first-order valence-corrected chi connectivity index (χ1v) is 4.41. The number of aliphatic hydroxyl groups excluding tert-OH is 1. The van der Waals surface area contributed by atoms with Crippen LogP contribution in [0.3, 0.4) is 0 Å². The molecule has 2 radical (unpaired) electrons. The molecule has 66 valence electrons. The van der Waals surface area contributed by atoms with Gasteiger partial charge in [0.15, 0.2) is 0 Å². The normalized spacial score (nSPS) is 13.4. The second-order valence-corrected chi connectivity index (χ2v) is 2.91. The SMILES string of the molecule is CCCCC(C)NCC[C]O. The molecule has 2 nitrogen and oxygen atoms in total. The number of rotatable bonds is 7. The number of unbranched alkanes of at least 4 members (excludes halogenated alkanes) is 1. The molecule has 0 aliphatic heterocycles. The van der Waals surface area contributed by atoms with Crippen molar-refractivity contribution in [3.05, 3.63) is 6.61 Å². The van der Waals surface area contributed by atoms with Crippen LogP contribution in [0, 0.1) is 6.61 Å². The predicted octanol–water partition coefficient (Wildman–Crippen LogP) is 1.96. The Kier molecular flexibility index (Phi) is 7.96. The Morgan fingerprint density at radius 3 is 2.82 bits per heavy atom. The summed E-state index contributed by atoms with van der Waals surface area (Å²) < 4.78 is 0. The monoisotopic (exact) mass is 157 g/mol. The van der Waals surface area contributed by atoms with E-state index in [0.717, 1.165) is 6.54 Å². The number of nitrogens with one attached hydrogen (secondary N) is 1. The topological polar surface area (TPSA) is 32.3 Å². The molecule has 0 spiro atoms. The zero-order valence-electron chi connectivity index (χ0n) is 7.56. The van der Waals surface area contributed by atoms with Gasteiger partial charge in [0.25, 0.3) is 0 Å². The van der Waals surface area contributed by atoms with Crippen LogP contribution >= 0.6 is 0 Å². The van der Waals surface area contributed by atoms with Crippen molar-refractivity contribution < 1.29 is 5.11 Å². The highest BCUT2D eigenvalue weighted by molar-refractivity contribution is 4.61. The highest BCUT2D eigenvalue weighted by Gasteiger charge is 1.98. The van der Waals surface area contributed by atoms with Gasteiger partial charge in [-0.25, -0.2) is 0 Å². The van der Waals surface area contributed by atoms with Crippen molar-refractivity contribution in [1.82, 2.24) is 5.32 Å². The zero-order chi connectivity index (χ0) is 8.53. The van der Waals surface area contributed by atoms with Gasteiger partial charge in [0.1, 0.15) is 6.61 Å². The van der Waals surface area contributed by atoms with Gasteiger partial charge < -0.3 is 10.4 Å². The third-order valence-electron chi connectivity index (χ3n) is 1.72.